The van der Waals surface area contributed by atoms with Crippen molar-refractivity contribution in [2.75, 3.05) is 6.54 Å². The van der Waals surface area contributed by atoms with Gasteiger partial charge >= 0.3 is 0 Å². The minimum Gasteiger partial charge on any atom is -0.339 e. The topological polar surface area (TPSA) is 51.0 Å². The summed E-state index contributed by atoms with van der Waals surface area (Å²) in [6, 6.07) is 0.366. The predicted molar refractivity (Wildman–Crippen MR) is 71.6 cm³/mol. The average Bonchev–Trinajstić information content (AvgIpc) is 2.80. The second-order valence-electron chi connectivity index (χ2n) is 6.27. The Labute approximate surface area is 110 Å². The van der Waals surface area contributed by atoms with Crippen molar-refractivity contribution >= 4 is 0 Å². The highest BCUT2D eigenvalue weighted by molar-refractivity contribution is 5.15. The smallest absolute Gasteiger partial charge is 0.231 e. The Hall–Kier alpha value is -0.900. The number of hydrogen-bond donors (Lipinski definition) is 1. The maximum atomic E-state index is 5.42. The SMILES string of the molecule is CCCNC(C)C(C)c1nc(C2CC2(C)C)no1. The van der Waals surface area contributed by atoms with Crippen LogP contribution in [-0.2, 0) is 0 Å². The van der Waals surface area contributed by atoms with Crippen molar-refractivity contribution in [3.63, 3.8) is 0 Å². The Morgan fingerprint density at radius 2 is 2.11 bits per heavy atom. The molecule has 1 aromatic heterocycles. The van der Waals surface area contributed by atoms with Crippen LogP contribution < -0.4 is 5.32 Å². The molecular formula is C14H25N3O. The van der Waals surface area contributed by atoms with Crippen molar-refractivity contribution in [1.29, 1.82) is 0 Å². The quantitative estimate of drug-likeness (QED) is 0.844. The third-order valence-corrected chi connectivity index (χ3v) is 4.14. The second-order valence-corrected chi connectivity index (χ2v) is 6.27. The maximum absolute atomic E-state index is 5.42. The van der Waals surface area contributed by atoms with E-state index in [2.05, 4.69) is 50.1 Å². The molecule has 1 aliphatic rings. The van der Waals surface area contributed by atoms with Gasteiger partial charge < -0.3 is 9.84 Å². The molecule has 0 aromatic carbocycles. The van der Waals surface area contributed by atoms with Crippen LogP contribution >= 0.6 is 0 Å². The van der Waals surface area contributed by atoms with E-state index >= 15 is 0 Å². The summed E-state index contributed by atoms with van der Waals surface area (Å²) in [5.74, 6) is 2.41. The molecule has 1 N–H and O–H groups in total. The van der Waals surface area contributed by atoms with E-state index in [1.54, 1.807) is 0 Å². The summed E-state index contributed by atoms with van der Waals surface area (Å²) in [5.41, 5.74) is 0.358. The van der Waals surface area contributed by atoms with Crippen molar-refractivity contribution in [3.05, 3.63) is 11.7 Å². The zero-order valence-electron chi connectivity index (χ0n) is 12.2. The van der Waals surface area contributed by atoms with Crippen LogP contribution in [0, 0.1) is 5.41 Å². The lowest BCUT2D eigenvalue weighted by molar-refractivity contribution is 0.327. The van der Waals surface area contributed by atoms with Gasteiger partial charge in [-0.1, -0.05) is 32.9 Å². The van der Waals surface area contributed by atoms with E-state index in [-0.39, 0.29) is 5.92 Å². The van der Waals surface area contributed by atoms with Crippen LogP contribution in [0.2, 0.25) is 0 Å². The molecule has 3 unspecified atom stereocenters. The highest BCUT2D eigenvalue weighted by Gasteiger charge is 2.49. The van der Waals surface area contributed by atoms with Gasteiger partial charge in [-0.3, -0.25) is 0 Å². The molecule has 0 aliphatic heterocycles. The normalized spacial score (nSPS) is 24.8. The molecule has 1 saturated carbocycles. The van der Waals surface area contributed by atoms with Gasteiger partial charge in [0.05, 0.1) is 5.92 Å². The third-order valence-electron chi connectivity index (χ3n) is 4.14. The molecule has 4 heteroatoms. The van der Waals surface area contributed by atoms with E-state index in [1.807, 2.05) is 0 Å². The lowest BCUT2D eigenvalue weighted by Gasteiger charge is -2.17. The molecule has 0 radical (unpaired) electrons. The number of aromatic nitrogens is 2. The third kappa shape index (κ3) is 2.74. The molecule has 0 spiro atoms. The Morgan fingerprint density at radius 3 is 2.67 bits per heavy atom. The predicted octanol–water partition coefficient (Wildman–Crippen LogP) is 3.07. The van der Waals surface area contributed by atoms with Gasteiger partial charge in [-0.05, 0) is 31.7 Å². The van der Waals surface area contributed by atoms with Crippen LogP contribution in [0.4, 0.5) is 0 Å². The van der Waals surface area contributed by atoms with Crippen molar-refractivity contribution in [2.24, 2.45) is 5.41 Å². The summed E-state index contributed by atoms with van der Waals surface area (Å²) in [4.78, 5) is 4.58. The molecule has 1 aromatic rings. The molecule has 0 amide bonds. The largest absolute Gasteiger partial charge is 0.339 e. The molecule has 0 bridgehead atoms. The number of nitrogens with one attached hydrogen (secondary N) is 1. The molecule has 1 fully saturated rings. The van der Waals surface area contributed by atoms with Gasteiger partial charge in [0.2, 0.25) is 5.89 Å². The van der Waals surface area contributed by atoms with Crippen molar-refractivity contribution < 1.29 is 4.52 Å². The molecule has 0 saturated heterocycles. The molecule has 4 nitrogen and oxygen atoms in total. The monoisotopic (exact) mass is 251 g/mol. The number of nitrogens with zero attached hydrogens (tertiary/aromatic N) is 2. The summed E-state index contributed by atoms with van der Waals surface area (Å²) >= 11 is 0. The first-order chi connectivity index (χ1) is 8.45. The van der Waals surface area contributed by atoms with Crippen LogP contribution in [0.1, 0.15) is 71.0 Å². The van der Waals surface area contributed by atoms with Crippen molar-refractivity contribution in [2.45, 2.75) is 65.3 Å². The van der Waals surface area contributed by atoms with E-state index in [1.165, 1.54) is 6.42 Å². The molecule has 1 aliphatic carbocycles. The van der Waals surface area contributed by atoms with Crippen molar-refractivity contribution in [3.8, 4) is 0 Å². The summed E-state index contributed by atoms with van der Waals surface area (Å²) in [6.45, 7) is 12.0. The van der Waals surface area contributed by atoms with E-state index in [0.29, 0.717) is 17.4 Å². The minimum atomic E-state index is 0.264. The lowest BCUT2D eigenvalue weighted by atomic mass is 10.0. The maximum Gasteiger partial charge on any atom is 0.231 e. The molecule has 2 rings (SSSR count). The Morgan fingerprint density at radius 1 is 1.44 bits per heavy atom. The van der Waals surface area contributed by atoms with E-state index in [4.69, 9.17) is 4.52 Å². The van der Waals surface area contributed by atoms with Crippen LogP contribution in [0.3, 0.4) is 0 Å². The van der Waals surface area contributed by atoms with Gasteiger partial charge in [0.25, 0.3) is 0 Å². The summed E-state index contributed by atoms with van der Waals surface area (Å²) in [5, 5.41) is 7.62. The van der Waals surface area contributed by atoms with E-state index < -0.39 is 0 Å². The fourth-order valence-electron chi connectivity index (χ4n) is 2.24. The first-order valence-electron chi connectivity index (χ1n) is 7.02. The van der Waals surface area contributed by atoms with Gasteiger partial charge in [-0.15, -0.1) is 0 Å². The van der Waals surface area contributed by atoms with Gasteiger partial charge in [-0.25, -0.2) is 0 Å². The van der Waals surface area contributed by atoms with Gasteiger partial charge in [0, 0.05) is 12.0 Å². The number of rotatable bonds is 6. The Kier molecular flexibility index (Phi) is 3.76. The fraction of sp³-hybridized carbons (Fsp3) is 0.857. The first-order valence-corrected chi connectivity index (χ1v) is 7.02. The summed E-state index contributed by atoms with van der Waals surface area (Å²) in [6.07, 6.45) is 2.31. The lowest BCUT2D eigenvalue weighted by Crippen LogP contribution is -2.31. The molecule has 18 heavy (non-hydrogen) atoms. The molecule has 1 heterocycles. The summed E-state index contributed by atoms with van der Waals surface area (Å²) in [7, 11) is 0. The highest BCUT2D eigenvalue weighted by atomic mass is 16.5. The molecule has 102 valence electrons. The molecule has 3 atom stereocenters. The average molecular weight is 251 g/mol. The van der Waals surface area contributed by atoms with Gasteiger partial charge in [-0.2, -0.15) is 4.98 Å². The standard InChI is InChI=1S/C14H25N3O/c1-6-7-15-10(3)9(2)13-16-12(17-18-13)11-8-14(11,4)5/h9-11,15H,6-8H2,1-5H3. The first kappa shape index (κ1) is 13.5. The zero-order chi connectivity index (χ0) is 13.3. The Balaban J connectivity index is 1.97. The second kappa shape index (κ2) is 5.00. The van der Waals surface area contributed by atoms with Crippen LogP contribution in [0.15, 0.2) is 4.52 Å². The minimum absolute atomic E-state index is 0.264. The van der Waals surface area contributed by atoms with Crippen LogP contribution in [-0.4, -0.2) is 22.7 Å². The fourth-order valence-corrected chi connectivity index (χ4v) is 2.24. The highest BCUT2D eigenvalue weighted by Crippen LogP contribution is 2.57. The zero-order valence-corrected chi connectivity index (χ0v) is 12.2. The van der Waals surface area contributed by atoms with E-state index in [9.17, 15) is 0 Å². The van der Waals surface area contributed by atoms with Gasteiger partial charge in [0.15, 0.2) is 5.82 Å². The van der Waals surface area contributed by atoms with Crippen molar-refractivity contribution in [1.82, 2.24) is 15.5 Å². The van der Waals surface area contributed by atoms with Gasteiger partial charge in [0.1, 0.15) is 0 Å². The van der Waals surface area contributed by atoms with Crippen LogP contribution in [0.5, 0.6) is 0 Å². The summed E-state index contributed by atoms with van der Waals surface area (Å²) < 4.78 is 5.42. The molecular weight excluding hydrogens is 226 g/mol. The number of hydrogen-bond acceptors (Lipinski definition) is 4. The van der Waals surface area contributed by atoms with E-state index in [0.717, 1.165) is 24.7 Å². The Bertz CT molecular complexity index is 399. The van der Waals surface area contributed by atoms with Crippen LogP contribution in [0.25, 0.3) is 0 Å².